The molecule has 0 aliphatic heterocycles. The molecule has 0 aromatic carbocycles. The first-order chi connectivity index (χ1) is 15.8. The number of rotatable bonds is 27. The molecular formula is C26H56N2O4. The Bertz CT molecular complexity index is 300. The molecule has 0 aromatic rings. The van der Waals surface area contributed by atoms with Crippen molar-refractivity contribution < 1.29 is 18.9 Å². The van der Waals surface area contributed by atoms with E-state index in [0.29, 0.717) is 39.6 Å². The molecule has 0 heterocycles. The first-order valence-corrected chi connectivity index (χ1v) is 13.5. The van der Waals surface area contributed by atoms with E-state index in [1.165, 1.54) is 77.5 Å². The van der Waals surface area contributed by atoms with Crippen molar-refractivity contribution in [3.05, 3.63) is 0 Å². The second-order valence-corrected chi connectivity index (χ2v) is 8.55. The summed E-state index contributed by atoms with van der Waals surface area (Å²) in [6.07, 6.45) is 10.1. The van der Waals surface area contributed by atoms with Crippen LogP contribution in [0.3, 0.4) is 0 Å². The van der Waals surface area contributed by atoms with E-state index >= 15 is 0 Å². The van der Waals surface area contributed by atoms with Gasteiger partial charge >= 0.3 is 0 Å². The summed E-state index contributed by atoms with van der Waals surface area (Å²) in [4.78, 5) is 5.05. The quantitative estimate of drug-likeness (QED) is 0.163. The molecule has 0 spiro atoms. The summed E-state index contributed by atoms with van der Waals surface area (Å²) >= 11 is 0. The summed E-state index contributed by atoms with van der Waals surface area (Å²) < 4.78 is 22.7. The average Bonchev–Trinajstić information content (AvgIpc) is 2.81. The molecule has 6 heteroatoms. The van der Waals surface area contributed by atoms with Crippen LogP contribution >= 0.6 is 0 Å². The lowest BCUT2D eigenvalue weighted by Crippen LogP contribution is -2.30. The first kappa shape index (κ1) is 31.8. The Morgan fingerprint density at radius 3 is 0.844 bits per heavy atom. The molecule has 0 unspecified atom stereocenters. The molecule has 0 saturated carbocycles. The van der Waals surface area contributed by atoms with Crippen LogP contribution in [0.1, 0.15) is 79.1 Å². The molecule has 0 radical (unpaired) electrons. The third-order valence-electron chi connectivity index (χ3n) is 5.53. The van der Waals surface area contributed by atoms with Crippen molar-refractivity contribution in [2.24, 2.45) is 0 Å². The topological polar surface area (TPSA) is 43.4 Å². The standard InChI is InChI=1S/C26H56N2O4/c1-5-9-13-27(14-10-6-2)17-19-29-21-23-31-25-26-32-24-22-30-20-18-28(15-11-7-3)16-12-8-4/h5-26H2,1-4H3. The summed E-state index contributed by atoms with van der Waals surface area (Å²) in [5.74, 6) is 0. The second kappa shape index (κ2) is 27.0. The molecular weight excluding hydrogens is 404 g/mol. The molecule has 32 heavy (non-hydrogen) atoms. The van der Waals surface area contributed by atoms with Crippen LogP contribution in [-0.2, 0) is 18.9 Å². The van der Waals surface area contributed by atoms with Crippen LogP contribution < -0.4 is 0 Å². The molecule has 0 N–H and O–H groups in total. The monoisotopic (exact) mass is 460 g/mol. The maximum Gasteiger partial charge on any atom is 0.0701 e. The molecule has 0 aromatic heterocycles. The molecule has 0 bridgehead atoms. The highest BCUT2D eigenvalue weighted by molar-refractivity contribution is 4.58. The summed E-state index contributed by atoms with van der Waals surface area (Å²) in [6.45, 7) is 21.2. The minimum Gasteiger partial charge on any atom is -0.378 e. The molecule has 0 aliphatic rings. The zero-order valence-corrected chi connectivity index (χ0v) is 22.1. The van der Waals surface area contributed by atoms with Crippen molar-refractivity contribution in [2.75, 3.05) is 92.1 Å². The van der Waals surface area contributed by atoms with Crippen LogP contribution in [0.2, 0.25) is 0 Å². The van der Waals surface area contributed by atoms with Crippen LogP contribution in [0.5, 0.6) is 0 Å². The van der Waals surface area contributed by atoms with E-state index in [2.05, 4.69) is 37.5 Å². The average molecular weight is 461 g/mol. The second-order valence-electron chi connectivity index (χ2n) is 8.55. The van der Waals surface area contributed by atoms with Gasteiger partial charge in [-0.2, -0.15) is 0 Å². The number of ether oxygens (including phenoxy) is 4. The number of unbranched alkanes of at least 4 members (excludes halogenated alkanes) is 4. The Labute approximate surface area is 200 Å². The van der Waals surface area contributed by atoms with E-state index < -0.39 is 0 Å². The van der Waals surface area contributed by atoms with Gasteiger partial charge in [0.25, 0.3) is 0 Å². The lowest BCUT2D eigenvalue weighted by Gasteiger charge is -2.21. The van der Waals surface area contributed by atoms with Crippen LogP contribution in [0.4, 0.5) is 0 Å². The highest BCUT2D eigenvalue weighted by Gasteiger charge is 2.04. The van der Waals surface area contributed by atoms with Gasteiger partial charge in [-0.05, 0) is 51.9 Å². The van der Waals surface area contributed by atoms with Crippen LogP contribution in [-0.4, -0.2) is 102 Å². The minimum absolute atomic E-state index is 0.615. The lowest BCUT2D eigenvalue weighted by molar-refractivity contribution is -0.00581. The fraction of sp³-hybridized carbons (Fsp3) is 1.00. The Kier molecular flexibility index (Phi) is 26.8. The smallest absolute Gasteiger partial charge is 0.0701 e. The van der Waals surface area contributed by atoms with E-state index in [1.54, 1.807) is 0 Å². The van der Waals surface area contributed by atoms with Gasteiger partial charge in [-0.25, -0.2) is 0 Å². The first-order valence-electron chi connectivity index (χ1n) is 13.5. The largest absolute Gasteiger partial charge is 0.378 e. The molecule has 0 aliphatic carbocycles. The minimum atomic E-state index is 0.615. The Hall–Kier alpha value is -0.240. The van der Waals surface area contributed by atoms with E-state index in [0.717, 1.165) is 26.3 Å². The fourth-order valence-corrected chi connectivity index (χ4v) is 3.35. The summed E-state index contributed by atoms with van der Waals surface area (Å²) in [5, 5.41) is 0. The van der Waals surface area contributed by atoms with E-state index in [-0.39, 0.29) is 0 Å². The van der Waals surface area contributed by atoms with Crippen molar-refractivity contribution in [3.63, 3.8) is 0 Å². The Balaban J connectivity index is 3.44. The SMILES string of the molecule is CCCCN(CCCC)CCOCCOCCOCCOCCN(CCCC)CCCC. The van der Waals surface area contributed by atoms with Gasteiger partial charge in [-0.3, -0.25) is 0 Å². The van der Waals surface area contributed by atoms with Crippen molar-refractivity contribution in [3.8, 4) is 0 Å². The van der Waals surface area contributed by atoms with Gasteiger partial charge < -0.3 is 28.7 Å². The van der Waals surface area contributed by atoms with Crippen molar-refractivity contribution in [2.45, 2.75) is 79.1 Å². The van der Waals surface area contributed by atoms with Gasteiger partial charge in [0.2, 0.25) is 0 Å². The molecule has 0 atom stereocenters. The van der Waals surface area contributed by atoms with Crippen molar-refractivity contribution >= 4 is 0 Å². The van der Waals surface area contributed by atoms with Gasteiger partial charge in [0.15, 0.2) is 0 Å². The van der Waals surface area contributed by atoms with Crippen molar-refractivity contribution in [1.29, 1.82) is 0 Å². The zero-order chi connectivity index (χ0) is 23.5. The van der Waals surface area contributed by atoms with Crippen LogP contribution in [0.15, 0.2) is 0 Å². The van der Waals surface area contributed by atoms with Gasteiger partial charge in [-0.1, -0.05) is 53.4 Å². The van der Waals surface area contributed by atoms with Gasteiger partial charge in [0, 0.05) is 13.1 Å². The summed E-state index contributed by atoms with van der Waals surface area (Å²) in [6, 6.07) is 0. The molecule has 0 amide bonds. The van der Waals surface area contributed by atoms with Gasteiger partial charge in [-0.15, -0.1) is 0 Å². The molecule has 0 rings (SSSR count). The van der Waals surface area contributed by atoms with E-state index in [9.17, 15) is 0 Å². The Morgan fingerprint density at radius 2 is 0.594 bits per heavy atom. The van der Waals surface area contributed by atoms with Gasteiger partial charge in [0.05, 0.1) is 52.9 Å². The third kappa shape index (κ3) is 22.9. The lowest BCUT2D eigenvalue weighted by atomic mass is 10.2. The third-order valence-corrected chi connectivity index (χ3v) is 5.53. The maximum atomic E-state index is 5.73. The van der Waals surface area contributed by atoms with E-state index in [1.807, 2.05) is 0 Å². The van der Waals surface area contributed by atoms with Crippen molar-refractivity contribution in [1.82, 2.24) is 9.80 Å². The molecule has 194 valence electrons. The molecule has 6 nitrogen and oxygen atoms in total. The summed E-state index contributed by atoms with van der Waals surface area (Å²) in [5.41, 5.74) is 0. The predicted molar refractivity (Wildman–Crippen MR) is 136 cm³/mol. The number of hydrogen-bond acceptors (Lipinski definition) is 6. The highest BCUT2D eigenvalue weighted by atomic mass is 16.6. The zero-order valence-electron chi connectivity index (χ0n) is 22.1. The Morgan fingerprint density at radius 1 is 0.344 bits per heavy atom. The van der Waals surface area contributed by atoms with Gasteiger partial charge in [0.1, 0.15) is 0 Å². The number of hydrogen-bond donors (Lipinski definition) is 0. The predicted octanol–water partition coefficient (Wildman–Crippen LogP) is 4.86. The van der Waals surface area contributed by atoms with Crippen LogP contribution in [0.25, 0.3) is 0 Å². The van der Waals surface area contributed by atoms with E-state index in [4.69, 9.17) is 18.9 Å². The highest BCUT2D eigenvalue weighted by Crippen LogP contribution is 2.00. The summed E-state index contributed by atoms with van der Waals surface area (Å²) in [7, 11) is 0. The fourth-order valence-electron chi connectivity index (χ4n) is 3.35. The molecule has 0 fully saturated rings. The van der Waals surface area contributed by atoms with Crippen LogP contribution in [0, 0.1) is 0 Å². The number of nitrogens with zero attached hydrogens (tertiary/aromatic N) is 2. The molecule has 0 saturated heterocycles. The normalized spacial score (nSPS) is 11.8. The maximum absolute atomic E-state index is 5.73.